The van der Waals surface area contributed by atoms with Crippen LogP contribution in [-0.2, 0) is 9.59 Å². The van der Waals surface area contributed by atoms with E-state index in [-0.39, 0.29) is 18.1 Å². The minimum atomic E-state index is -1.38. The van der Waals surface area contributed by atoms with E-state index in [4.69, 9.17) is 14.6 Å². The first-order chi connectivity index (χ1) is 13.2. The van der Waals surface area contributed by atoms with Crippen molar-refractivity contribution in [1.82, 2.24) is 5.32 Å². The maximum absolute atomic E-state index is 12.1. The van der Waals surface area contributed by atoms with Crippen LogP contribution in [0, 0.1) is 0 Å². The summed E-state index contributed by atoms with van der Waals surface area (Å²) in [6.45, 7) is 2.58. The molecular weight excluding hydrogens is 364 g/mol. The van der Waals surface area contributed by atoms with Gasteiger partial charge in [0.15, 0.2) is 6.61 Å². The molecule has 0 aliphatic rings. The van der Waals surface area contributed by atoms with Crippen LogP contribution in [0.25, 0.3) is 0 Å². The second-order valence-corrected chi connectivity index (χ2v) is 6.48. The lowest BCUT2D eigenvalue weighted by molar-refractivity contribution is -0.143. The van der Waals surface area contributed by atoms with Gasteiger partial charge < -0.3 is 25.2 Å². The highest BCUT2D eigenvalue weighted by Crippen LogP contribution is 2.17. The third-order valence-corrected chi connectivity index (χ3v) is 3.80. The lowest BCUT2D eigenvalue weighted by Crippen LogP contribution is -2.49. The van der Waals surface area contributed by atoms with Gasteiger partial charge in [0.1, 0.15) is 17.0 Å². The fourth-order valence-electron chi connectivity index (χ4n) is 2.16. The monoisotopic (exact) mass is 386 g/mol. The molecule has 0 heterocycles. The molecule has 0 radical (unpaired) electrons. The van der Waals surface area contributed by atoms with E-state index >= 15 is 0 Å². The Kier molecular flexibility index (Phi) is 6.59. The number of hydrogen-bond donors (Lipinski definition) is 3. The predicted octanol–water partition coefficient (Wildman–Crippen LogP) is 2.31. The second-order valence-electron chi connectivity index (χ2n) is 6.48. The average Bonchev–Trinajstić information content (AvgIpc) is 2.66. The summed E-state index contributed by atoms with van der Waals surface area (Å²) in [5.74, 6) is -0.982. The van der Waals surface area contributed by atoms with Crippen LogP contribution in [-0.4, -0.2) is 42.1 Å². The summed E-state index contributed by atoms with van der Waals surface area (Å²) in [7, 11) is 1.54. The quantitative estimate of drug-likeness (QED) is 0.641. The van der Waals surface area contributed by atoms with E-state index in [1.54, 1.807) is 24.3 Å². The molecule has 3 N–H and O–H groups in total. The molecule has 8 nitrogen and oxygen atoms in total. The fourth-order valence-corrected chi connectivity index (χ4v) is 2.16. The van der Waals surface area contributed by atoms with Crippen molar-refractivity contribution < 1.29 is 29.0 Å². The summed E-state index contributed by atoms with van der Waals surface area (Å²) in [6, 6.07) is 13.0. The maximum Gasteiger partial charge on any atom is 0.328 e. The summed E-state index contributed by atoms with van der Waals surface area (Å²) >= 11 is 0. The molecule has 0 saturated carbocycles. The van der Waals surface area contributed by atoms with Gasteiger partial charge in [-0.25, -0.2) is 4.79 Å². The number of carboxylic acid groups (broad SMARTS) is 1. The molecule has 0 aliphatic carbocycles. The highest BCUT2D eigenvalue weighted by atomic mass is 16.5. The summed E-state index contributed by atoms with van der Waals surface area (Å²) < 4.78 is 10.5. The third-order valence-electron chi connectivity index (χ3n) is 3.80. The first kappa shape index (κ1) is 20.8. The van der Waals surface area contributed by atoms with Crippen molar-refractivity contribution in [2.75, 3.05) is 19.0 Å². The number of hydrogen-bond acceptors (Lipinski definition) is 5. The number of carbonyl (C=O) groups is 3. The molecular formula is C20H22N2O6. The Labute approximate surface area is 162 Å². The van der Waals surface area contributed by atoms with Crippen LogP contribution in [0.15, 0.2) is 48.5 Å². The molecule has 2 aromatic carbocycles. The van der Waals surface area contributed by atoms with Crippen molar-refractivity contribution in [2.45, 2.75) is 19.4 Å². The van der Waals surface area contributed by atoms with E-state index in [0.29, 0.717) is 17.2 Å². The molecule has 0 spiro atoms. The van der Waals surface area contributed by atoms with Crippen LogP contribution in [0.2, 0.25) is 0 Å². The van der Waals surface area contributed by atoms with Gasteiger partial charge in [0, 0.05) is 17.3 Å². The molecule has 0 fully saturated rings. The van der Waals surface area contributed by atoms with Gasteiger partial charge in [0.2, 0.25) is 0 Å². The standard InChI is InChI=1S/C20H22N2O6/c1-20(2,19(25)26)22-18(24)13-7-9-15(10-8-13)28-12-17(23)21-14-5-4-6-16(11-14)27-3/h4-11H,12H2,1-3H3,(H,21,23)(H,22,24)(H,25,26). The molecule has 28 heavy (non-hydrogen) atoms. The van der Waals surface area contributed by atoms with Crippen LogP contribution < -0.4 is 20.1 Å². The molecule has 0 aromatic heterocycles. The van der Waals surface area contributed by atoms with Crippen LogP contribution in [0.3, 0.4) is 0 Å². The summed E-state index contributed by atoms with van der Waals surface area (Å²) in [4.78, 5) is 35.2. The molecule has 148 valence electrons. The zero-order valence-electron chi connectivity index (χ0n) is 15.8. The van der Waals surface area contributed by atoms with Crippen LogP contribution in [0.4, 0.5) is 5.69 Å². The number of anilines is 1. The number of ether oxygens (including phenoxy) is 2. The fraction of sp³-hybridized carbons (Fsp3) is 0.250. The average molecular weight is 386 g/mol. The zero-order valence-corrected chi connectivity index (χ0v) is 15.8. The second kappa shape index (κ2) is 8.90. The van der Waals surface area contributed by atoms with E-state index < -0.39 is 17.4 Å². The number of rotatable bonds is 8. The zero-order chi connectivity index (χ0) is 20.7. The molecule has 0 saturated heterocycles. The molecule has 0 aliphatic heterocycles. The molecule has 2 aromatic rings. The lowest BCUT2D eigenvalue weighted by atomic mass is 10.1. The minimum absolute atomic E-state index is 0.213. The number of carboxylic acids is 1. The Bertz CT molecular complexity index is 861. The van der Waals surface area contributed by atoms with Crippen LogP contribution in [0.1, 0.15) is 24.2 Å². The van der Waals surface area contributed by atoms with Crippen molar-refractivity contribution in [3.63, 3.8) is 0 Å². The largest absolute Gasteiger partial charge is 0.497 e. The topological polar surface area (TPSA) is 114 Å². The van der Waals surface area contributed by atoms with E-state index in [1.807, 2.05) is 0 Å². The third kappa shape index (κ3) is 5.73. The van der Waals surface area contributed by atoms with Gasteiger partial charge in [-0.2, -0.15) is 0 Å². The van der Waals surface area contributed by atoms with Gasteiger partial charge in [-0.1, -0.05) is 6.07 Å². The maximum atomic E-state index is 12.1. The Morgan fingerprint density at radius 2 is 1.71 bits per heavy atom. The van der Waals surface area contributed by atoms with Crippen molar-refractivity contribution in [3.8, 4) is 11.5 Å². The number of aliphatic carboxylic acids is 1. The molecule has 2 rings (SSSR count). The van der Waals surface area contributed by atoms with Gasteiger partial charge in [0.25, 0.3) is 11.8 Å². The number of nitrogens with one attached hydrogen (secondary N) is 2. The Hall–Kier alpha value is -3.55. The highest BCUT2D eigenvalue weighted by Gasteiger charge is 2.29. The molecule has 8 heteroatoms. The summed E-state index contributed by atoms with van der Waals surface area (Å²) in [6.07, 6.45) is 0. The first-order valence-corrected chi connectivity index (χ1v) is 8.44. The lowest BCUT2D eigenvalue weighted by Gasteiger charge is -2.21. The highest BCUT2D eigenvalue weighted by molar-refractivity contribution is 5.97. The Morgan fingerprint density at radius 1 is 1.04 bits per heavy atom. The van der Waals surface area contributed by atoms with Crippen molar-refractivity contribution in [1.29, 1.82) is 0 Å². The van der Waals surface area contributed by atoms with Crippen molar-refractivity contribution in [2.24, 2.45) is 0 Å². The predicted molar refractivity (Wildman–Crippen MR) is 103 cm³/mol. The Balaban J connectivity index is 1.89. The van der Waals surface area contributed by atoms with E-state index in [2.05, 4.69) is 10.6 Å². The number of amides is 2. The van der Waals surface area contributed by atoms with E-state index in [0.717, 1.165) is 0 Å². The van der Waals surface area contributed by atoms with Gasteiger partial charge in [-0.05, 0) is 50.2 Å². The first-order valence-electron chi connectivity index (χ1n) is 8.44. The van der Waals surface area contributed by atoms with Crippen LogP contribution >= 0.6 is 0 Å². The number of benzene rings is 2. The van der Waals surface area contributed by atoms with Gasteiger partial charge in [-0.15, -0.1) is 0 Å². The number of methoxy groups -OCH3 is 1. The van der Waals surface area contributed by atoms with Gasteiger partial charge in [0.05, 0.1) is 7.11 Å². The van der Waals surface area contributed by atoms with E-state index in [9.17, 15) is 14.4 Å². The Morgan fingerprint density at radius 3 is 2.32 bits per heavy atom. The number of carbonyl (C=O) groups excluding carboxylic acids is 2. The normalized spacial score (nSPS) is 10.7. The summed E-state index contributed by atoms with van der Waals surface area (Å²) in [5.41, 5.74) is -0.520. The molecule has 0 bridgehead atoms. The van der Waals surface area contributed by atoms with E-state index in [1.165, 1.54) is 45.2 Å². The van der Waals surface area contributed by atoms with Crippen LogP contribution in [0.5, 0.6) is 11.5 Å². The van der Waals surface area contributed by atoms with Gasteiger partial charge >= 0.3 is 5.97 Å². The smallest absolute Gasteiger partial charge is 0.328 e. The van der Waals surface area contributed by atoms with Crippen molar-refractivity contribution >= 4 is 23.5 Å². The molecule has 0 unspecified atom stereocenters. The minimum Gasteiger partial charge on any atom is -0.497 e. The molecule has 0 atom stereocenters. The van der Waals surface area contributed by atoms with Crippen molar-refractivity contribution in [3.05, 3.63) is 54.1 Å². The SMILES string of the molecule is COc1cccc(NC(=O)COc2ccc(C(=O)NC(C)(C)C(=O)O)cc2)c1. The molecule has 2 amide bonds. The summed E-state index contributed by atoms with van der Waals surface area (Å²) in [5, 5.41) is 14.2. The van der Waals surface area contributed by atoms with Gasteiger partial charge in [-0.3, -0.25) is 9.59 Å².